The largest absolute Gasteiger partial charge is 0.320 e. The molecule has 22 heavy (non-hydrogen) atoms. The maximum Gasteiger partial charge on any atom is 0.276 e. The smallest absolute Gasteiger partial charge is 0.276 e. The highest BCUT2D eigenvalue weighted by Crippen LogP contribution is 2.39. The second-order valence-electron chi connectivity index (χ2n) is 5.77. The van der Waals surface area contributed by atoms with Crippen LogP contribution in [0.3, 0.4) is 0 Å². The van der Waals surface area contributed by atoms with E-state index in [2.05, 4.69) is 20.5 Å². The van der Waals surface area contributed by atoms with Crippen LogP contribution in [-0.2, 0) is 0 Å². The van der Waals surface area contributed by atoms with Gasteiger partial charge in [-0.2, -0.15) is 5.10 Å². The molecule has 1 saturated carbocycles. The number of hydrogen-bond acceptors (Lipinski definition) is 3. The highest BCUT2D eigenvalue weighted by molar-refractivity contribution is 6.08. The lowest BCUT2D eigenvalue weighted by atomic mass is 10.1. The molecule has 0 bridgehead atoms. The highest BCUT2D eigenvalue weighted by Gasteiger charge is 2.26. The normalized spacial score (nSPS) is 14.2. The van der Waals surface area contributed by atoms with Gasteiger partial charge in [0.2, 0.25) is 0 Å². The Balaban J connectivity index is 1.65. The molecular weight excluding hydrogens is 276 g/mol. The predicted molar refractivity (Wildman–Crippen MR) is 85.0 cm³/mol. The molecule has 110 valence electrons. The van der Waals surface area contributed by atoms with Crippen LogP contribution in [0.15, 0.2) is 36.5 Å². The third-order valence-electron chi connectivity index (χ3n) is 4.07. The molecule has 0 unspecified atom stereocenters. The summed E-state index contributed by atoms with van der Waals surface area (Å²) < 4.78 is 0. The number of benzene rings is 1. The first-order chi connectivity index (χ1) is 10.7. The molecular formula is C17H16N4O. The van der Waals surface area contributed by atoms with Gasteiger partial charge in [-0.3, -0.25) is 14.9 Å². The summed E-state index contributed by atoms with van der Waals surface area (Å²) in [7, 11) is 0. The monoisotopic (exact) mass is 292 g/mol. The van der Waals surface area contributed by atoms with E-state index in [1.165, 1.54) is 12.8 Å². The molecule has 1 aliphatic rings. The SMILES string of the molecule is Cc1ccc(NC(=O)c2cc(C3CC3)[nH]n2)c2cccnc12. The molecule has 1 aromatic carbocycles. The van der Waals surface area contributed by atoms with Crippen LogP contribution >= 0.6 is 0 Å². The predicted octanol–water partition coefficient (Wildman–Crippen LogP) is 3.40. The van der Waals surface area contributed by atoms with E-state index >= 15 is 0 Å². The van der Waals surface area contributed by atoms with E-state index in [9.17, 15) is 4.79 Å². The molecule has 0 spiro atoms. The number of anilines is 1. The van der Waals surface area contributed by atoms with E-state index in [-0.39, 0.29) is 5.91 Å². The summed E-state index contributed by atoms with van der Waals surface area (Å²) in [6.45, 7) is 2.01. The number of hydrogen-bond donors (Lipinski definition) is 2. The first kappa shape index (κ1) is 13.0. The maximum absolute atomic E-state index is 12.4. The van der Waals surface area contributed by atoms with Gasteiger partial charge in [-0.1, -0.05) is 6.07 Å². The van der Waals surface area contributed by atoms with Crippen LogP contribution in [0, 0.1) is 6.92 Å². The number of aromatic amines is 1. The van der Waals surface area contributed by atoms with Crippen LogP contribution in [0.25, 0.3) is 10.9 Å². The topological polar surface area (TPSA) is 70.7 Å². The van der Waals surface area contributed by atoms with Gasteiger partial charge in [0.15, 0.2) is 5.69 Å². The molecule has 5 nitrogen and oxygen atoms in total. The zero-order valence-electron chi connectivity index (χ0n) is 12.3. The minimum Gasteiger partial charge on any atom is -0.320 e. The van der Waals surface area contributed by atoms with Crippen LogP contribution in [-0.4, -0.2) is 21.1 Å². The van der Waals surface area contributed by atoms with Crippen molar-refractivity contribution in [3.8, 4) is 0 Å². The van der Waals surface area contributed by atoms with E-state index in [0.29, 0.717) is 11.6 Å². The van der Waals surface area contributed by atoms with Crippen molar-refractivity contribution in [3.05, 3.63) is 53.5 Å². The van der Waals surface area contributed by atoms with Crippen LogP contribution in [0.5, 0.6) is 0 Å². The number of aryl methyl sites for hydroxylation is 1. The minimum absolute atomic E-state index is 0.197. The summed E-state index contributed by atoms with van der Waals surface area (Å²) >= 11 is 0. The number of aromatic nitrogens is 3. The molecule has 0 saturated heterocycles. The maximum atomic E-state index is 12.4. The Morgan fingerprint density at radius 2 is 2.18 bits per heavy atom. The van der Waals surface area contributed by atoms with Crippen molar-refractivity contribution >= 4 is 22.5 Å². The number of amides is 1. The number of H-pyrrole nitrogens is 1. The molecule has 4 rings (SSSR count). The molecule has 2 N–H and O–H groups in total. The Labute approximate surface area is 127 Å². The summed E-state index contributed by atoms with van der Waals surface area (Å²) in [5, 5.41) is 11.0. The van der Waals surface area contributed by atoms with Gasteiger partial charge < -0.3 is 5.32 Å². The number of nitrogens with zero attached hydrogens (tertiary/aromatic N) is 2. The molecule has 1 amide bonds. The molecule has 2 aromatic heterocycles. The van der Waals surface area contributed by atoms with Crippen LogP contribution in [0.4, 0.5) is 5.69 Å². The summed E-state index contributed by atoms with van der Waals surface area (Å²) in [6.07, 6.45) is 4.12. The van der Waals surface area contributed by atoms with Gasteiger partial charge in [0.05, 0.1) is 11.2 Å². The zero-order chi connectivity index (χ0) is 15.1. The van der Waals surface area contributed by atoms with Crippen molar-refractivity contribution in [2.24, 2.45) is 0 Å². The van der Waals surface area contributed by atoms with Crippen LogP contribution in [0.2, 0.25) is 0 Å². The van der Waals surface area contributed by atoms with Crippen molar-refractivity contribution in [2.45, 2.75) is 25.7 Å². The van der Waals surface area contributed by atoms with Gasteiger partial charge in [0.25, 0.3) is 5.91 Å². The van der Waals surface area contributed by atoms with E-state index in [0.717, 1.165) is 27.8 Å². The number of carbonyl (C=O) groups is 1. The van der Waals surface area contributed by atoms with Crippen LogP contribution in [0.1, 0.15) is 40.5 Å². The fourth-order valence-corrected chi connectivity index (χ4v) is 2.67. The Hall–Kier alpha value is -2.69. The fraction of sp³-hybridized carbons (Fsp3) is 0.235. The Bertz CT molecular complexity index is 864. The van der Waals surface area contributed by atoms with E-state index in [1.54, 1.807) is 6.20 Å². The average molecular weight is 292 g/mol. The van der Waals surface area contributed by atoms with E-state index in [4.69, 9.17) is 0 Å². The zero-order valence-corrected chi connectivity index (χ0v) is 12.3. The standard InChI is InChI=1S/C17H16N4O/c1-10-4-7-13(12-3-2-8-18-16(10)12)19-17(22)15-9-14(20-21-15)11-5-6-11/h2-4,7-9,11H,5-6H2,1H3,(H,19,22)(H,20,21). The number of nitrogens with one attached hydrogen (secondary N) is 2. The van der Waals surface area contributed by atoms with E-state index in [1.807, 2.05) is 37.3 Å². The molecule has 3 aromatic rings. The Morgan fingerprint density at radius 1 is 1.32 bits per heavy atom. The minimum atomic E-state index is -0.197. The van der Waals surface area contributed by atoms with Gasteiger partial charge in [0.1, 0.15) is 0 Å². The lowest BCUT2D eigenvalue weighted by Gasteiger charge is -2.08. The quantitative estimate of drug-likeness (QED) is 0.777. The average Bonchev–Trinajstić information content (AvgIpc) is 3.27. The van der Waals surface area contributed by atoms with Gasteiger partial charge in [-0.05, 0) is 49.6 Å². The molecule has 5 heteroatoms. The molecule has 2 heterocycles. The first-order valence-corrected chi connectivity index (χ1v) is 7.43. The molecule has 0 aliphatic heterocycles. The third-order valence-corrected chi connectivity index (χ3v) is 4.07. The van der Waals surface area contributed by atoms with Crippen molar-refractivity contribution in [1.29, 1.82) is 0 Å². The summed E-state index contributed by atoms with van der Waals surface area (Å²) in [5.74, 6) is 0.357. The first-order valence-electron chi connectivity index (χ1n) is 7.43. The van der Waals surface area contributed by atoms with Crippen molar-refractivity contribution in [1.82, 2.24) is 15.2 Å². The van der Waals surface area contributed by atoms with Gasteiger partial charge in [-0.15, -0.1) is 0 Å². The van der Waals surface area contributed by atoms with Gasteiger partial charge in [0, 0.05) is 23.2 Å². The fourth-order valence-electron chi connectivity index (χ4n) is 2.67. The Kier molecular flexibility index (Phi) is 2.92. The third kappa shape index (κ3) is 2.24. The van der Waals surface area contributed by atoms with Gasteiger partial charge in [-0.25, -0.2) is 0 Å². The molecule has 0 atom stereocenters. The Morgan fingerprint density at radius 3 is 3.00 bits per heavy atom. The number of fused-ring (bicyclic) bond motifs is 1. The second kappa shape index (κ2) is 4.94. The van der Waals surface area contributed by atoms with E-state index < -0.39 is 0 Å². The lowest BCUT2D eigenvalue weighted by molar-refractivity contribution is 0.102. The molecule has 1 aliphatic carbocycles. The van der Waals surface area contributed by atoms with Crippen LogP contribution < -0.4 is 5.32 Å². The summed E-state index contributed by atoms with van der Waals surface area (Å²) in [4.78, 5) is 16.8. The van der Waals surface area contributed by atoms with Crippen molar-refractivity contribution in [3.63, 3.8) is 0 Å². The molecule has 0 radical (unpaired) electrons. The number of pyridine rings is 1. The highest BCUT2D eigenvalue weighted by atomic mass is 16.1. The van der Waals surface area contributed by atoms with Crippen molar-refractivity contribution in [2.75, 3.05) is 5.32 Å². The second-order valence-corrected chi connectivity index (χ2v) is 5.77. The van der Waals surface area contributed by atoms with Crippen molar-refractivity contribution < 1.29 is 4.79 Å². The summed E-state index contributed by atoms with van der Waals surface area (Å²) in [5.41, 5.74) is 4.24. The summed E-state index contributed by atoms with van der Waals surface area (Å²) in [6, 6.07) is 9.56. The van der Waals surface area contributed by atoms with Gasteiger partial charge >= 0.3 is 0 Å². The number of rotatable bonds is 3. The number of carbonyl (C=O) groups excluding carboxylic acids is 1. The molecule has 1 fully saturated rings. The lowest BCUT2D eigenvalue weighted by Crippen LogP contribution is -2.12.